The fraction of sp³-hybridized carbons (Fsp3) is 0.714. The Hall–Kier alpha value is -2.38. The summed E-state index contributed by atoms with van der Waals surface area (Å²) in [4.78, 5) is 45.0. The molecule has 3 fully saturated rings. The van der Waals surface area contributed by atoms with Crippen LogP contribution in [0.5, 0.6) is 0 Å². The second-order valence-electron chi connectivity index (χ2n) is 9.11. The van der Waals surface area contributed by atoms with E-state index in [9.17, 15) is 14.4 Å². The normalized spacial score (nSPS) is 26.5. The maximum absolute atomic E-state index is 13.6. The number of aromatic nitrogens is 1. The zero-order valence-corrected chi connectivity index (χ0v) is 17.7. The molecule has 4 heterocycles. The average Bonchev–Trinajstić information content (AvgIpc) is 3.43. The fourth-order valence-electron chi connectivity index (χ4n) is 5.24. The van der Waals surface area contributed by atoms with Gasteiger partial charge in [-0.25, -0.2) is 0 Å². The van der Waals surface area contributed by atoms with Crippen LogP contribution in [0.25, 0.3) is 0 Å². The van der Waals surface area contributed by atoms with Crippen LogP contribution < -0.4 is 0 Å². The number of likely N-dealkylation sites (tertiary alicyclic amines) is 3. The van der Waals surface area contributed by atoms with Crippen LogP contribution in [0, 0.1) is 31.1 Å². The predicted octanol–water partition coefficient (Wildman–Crippen LogP) is 1.47. The summed E-state index contributed by atoms with van der Waals surface area (Å²) < 4.78 is 5.17. The molecule has 3 amide bonds. The molecule has 29 heavy (non-hydrogen) atoms. The van der Waals surface area contributed by atoms with E-state index < -0.39 is 5.41 Å². The number of nitrogens with zero attached hydrogens (tertiary/aromatic N) is 4. The van der Waals surface area contributed by atoms with Crippen LogP contribution in [0.1, 0.15) is 48.5 Å². The molecule has 0 bridgehead atoms. The molecule has 0 spiro atoms. The third-order valence-corrected chi connectivity index (χ3v) is 6.77. The van der Waals surface area contributed by atoms with Crippen LogP contribution in [0.15, 0.2) is 4.52 Å². The minimum atomic E-state index is -0.705. The summed E-state index contributed by atoms with van der Waals surface area (Å²) in [6, 6.07) is 0. The van der Waals surface area contributed by atoms with Crippen LogP contribution in [0.3, 0.4) is 0 Å². The van der Waals surface area contributed by atoms with Crippen molar-refractivity contribution in [2.24, 2.45) is 17.3 Å². The number of amides is 3. The van der Waals surface area contributed by atoms with E-state index in [1.165, 1.54) is 0 Å². The van der Waals surface area contributed by atoms with Gasteiger partial charge in [0.2, 0.25) is 11.8 Å². The Morgan fingerprint density at radius 1 is 1.03 bits per heavy atom. The molecule has 1 aromatic heterocycles. The number of rotatable bonds is 3. The quantitative estimate of drug-likeness (QED) is 0.764. The van der Waals surface area contributed by atoms with Crippen molar-refractivity contribution < 1.29 is 18.9 Å². The largest absolute Gasteiger partial charge is 0.361 e. The topological polar surface area (TPSA) is 87.0 Å². The van der Waals surface area contributed by atoms with Crippen molar-refractivity contribution in [2.75, 3.05) is 39.3 Å². The molecule has 8 nitrogen and oxygen atoms in total. The van der Waals surface area contributed by atoms with Gasteiger partial charge in [0.1, 0.15) is 11.3 Å². The number of carbonyl (C=O) groups excluding carboxylic acids is 3. The summed E-state index contributed by atoms with van der Waals surface area (Å²) in [6.45, 7) is 10.6. The van der Waals surface area contributed by atoms with Gasteiger partial charge in [0.25, 0.3) is 5.91 Å². The molecule has 0 N–H and O–H groups in total. The zero-order chi connectivity index (χ0) is 20.9. The molecular formula is C21H30N4O4. The van der Waals surface area contributed by atoms with Gasteiger partial charge >= 0.3 is 0 Å². The maximum atomic E-state index is 13.6. The Morgan fingerprint density at radius 3 is 2.24 bits per heavy atom. The first-order valence-corrected chi connectivity index (χ1v) is 10.5. The third-order valence-electron chi connectivity index (χ3n) is 6.77. The fourth-order valence-corrected chi connectivity index (χ4v) is 5.24. The summed E-state index contributed by atoms with van der Waals surface area (Å²) >= 11 is 0. The Bertz CT molecular complexity index is 822. The number of fused-ring (bicyclic) bond motifs is 1. The van der Waals surface area contributed by atoms with Gasteiger partial charge < -0.3 is 19.2 Å². The lowest BCUT2D eigenvalue weighted by atomic mass is 9.79. The van der Waals surface area contributed by atoms with Crippen molar-refractivity contribution in [2.45, 2.75) is 40.5 Å². The van der Waals surface area contributed by atoms with Crippen LogP contribution in [-0.4, -0.2) is 76.8 Å². The van der Waals surface area contributed by atoms with E-state index in [4.69, 9.17) is 4.52 Å². The molecule has 8 heteroatoms. The summed E-state index contributed by atoms with van der Waals surface area (Å²) in [6.07, 6.45) is 2.03. The summed E-state index contributed by atoms with van der Waals surface area (Å²) in [5, 5.41) is 3.90. The standard InChI is InChI=1S/C21H30N4O4/c1-13(2)18(26)24-9-16-10-25(19(27)17-14(3)22-29-15(17)4)12-21(16,11-24)20(28)23-7-5-6-8-23/h13,16H,5-12H2,1-4H3/t16-,21-/m0/s1. The Morgan fingerprint density at radius 2 is 1.66 bits per heavy atom. The molecule has 4 rings (SSSR count). The Labute approximate surface area is 171 Å². The van der Waals surface area contributed by atoms with Crippen molar-refractivity contribution in [3.63, 3.8) is 0 Å². The lowest BCUT2D eigenvalue weighted by molar-refractivity contribution is -0.141. The molecule has 0 unspecified atom stereocenters. The smallest absolute Gasteiger partial charge is 0.259 e. The van der Waals surface area contributed by atoms with Crippen LogP contribution in [0.2, 0.25) is 0 Å². The highest BCUT2D eigenvalue weighted by molar-refractivity contribution is 5.97. The highest BCUT2D eigenvalue weighted by Crippen LogP contribution is 2.45. The highest BCUT2D eigenvalue weighted by atomic mass is 16.5. The van der Waals surface area contributed by atoms with E-state index in [1.807, 2.05) is 23.6 Å². The molecule has 3 saturated heterocycles. The zero-order valence-electron chi connectivity index (χ0n) is 17.7. The van der Waals surface area contributed by atoms with Gasteiger partial charge in [-0.15, -0.1) is 0 Å². The lowest BCUT2D eigenvalue weighted by Crippen LogP contribution is -2.49. The molecule has 0 saturated carbocycles. The first-order valence-electron chi connectivity index (χ1n) is 10.5. The summed E-state index contributed by atoms with van der Waals surface area (Å²) in [5.41, 5.74) is 0.355. The van der Waals surface area contributed by atoms with Crippen molar-refractivity contribution in [1.29, 1.82) is 0 Å². The number of aryl methyl sites for hydroxylation is 2. The molecule has 158 valence electrons. The van der Waals surface area contributed by atoms with E-state index in [0.29, 0.717) is 43.2 Å². The minimum Gasteiger partial charge on any atom is -0.361 e. The van der Waals surface area contributed by atoms with Gasteiger partial charge in [-0.3, -0.25) is 14.4 Å². The second kappa shape index (κ2) is 7.15. The van der Waals surface area contributed by atoms with E-state index in [-0.39, 0.29) is 29.6 Å². The summed E-state index contributed by atoms with van der Waals surface area (Å²) in [7, 11) is 0. The SMILES string of the molecule is Cc1noc(C)c1C(=O)N1C[C@@H]2CN(C(=O)C(C)C)C[C@]2(C(=O)N2CCCC2)C1. The van der Waals surface area contributed by atoms with Crippen molar-refractivity contribution in [3.8, 4) is 0 Å². The van der Waals surface area contributed by atoms with Crippen LogP contribution in [0.4, 0.5) is 0 Å². The monoisotopic (exact) mass is 402 g/mol. The minimum absolute atomic E-state index is 0.0391. The summed E-state index contributed by atoms with van der Waals surface area (Å²) in [5.74, 6) is 0.410. The molecule has 2 atom stereocenters. The van der Waals surface area contributed by atoms with Crippen LogP contribution in [-0.2, 0) is 9.59 Å². The third kappa shape index (κ3) is 3.13. The first kappa shape index (κ1) is 19.9. The number of hydrogen-bond donors (Lipinski definition) is 0. The highest BCUT2D eigenvalue weighted by Gasteiger charge is 2.60. The van der Waals surface area contributed by atoms with Gasteiger partial charge in [-0.2, -0.15) is 0 Å². The number of hydrogen-bond acceptors (Lipinski definition) is 5. The molecule has 3 aliphatic heterocycles. The van der Waals surface area contributed by atoms with Crippen molar-refractivity contribution in [1.82, 2.24) is 19.9 Å². The van der Waals surface area contributed by atoms with Gasteiger partial charge in [-0.05, 0) is 26.7 Å². The van der Waals surface area contributed by atoms with Crippen molar-refractivity contribution in [3.05, 3.63) is 17.0 Å². The lowest BCUT2D eigenvalue weighted by Gasteiger charge is -2.32. The number of carbonyl (C=O) groups is 3. The molecular weight excluding hydrogens is 372 g/mol. The Kier molecular flexibility index (Phi) is 4.91. The van der Waals surface area contributed by atoms with Gasteiger partial charge in [0, 0.05) is 51.1 Å². The van der Waals surface area contributed by atoms with Crippen molar-refractivity contribution >= 4 is 17.7 Å². The first-order chi connectivity index (χ1) is 13.7. The molecule has 3 aliphatic rings. The van der Waals surface area contributed by atoms with E-state index >= 15 is 0 Å². The molecule has 1 aromatic rings. The Balaban J connectivity index is 1.62. The van der Waals surface area contributed by atoms with Gasteiger partial charge in [0.15, 0.2) is 0 Å². The van der Waals surface area contributed by atoms with Gasteiger partial charge in [-0.1, -0.05) is 19.0 Å². The van der Waals surface area contributed by atoms with E-state index in [2.05, 4.69) is 5.16 Å². The molecule has 0 aromatic carbocycles. The van der Waals surface area contributed by atoms with Gasteiger partial charge in [0.05, 0.1) is 11.1 Å². The second-order valence-corrected chi connectivity index (χ2v) is 9.11. The molecule has 0 aliphatic carbocycles. The maximum Gasteiger partial charge on any atom is 0.259 e. The van der Waals surface area contributed by atoms with Crippen LogP contribution >= 0.6 is 0 Å². The van der Waals surface area contributed by atoms with E-state index in [1.54, 1.807) is 18.7 Å². The molecule has 0 radical (unpaired) electrons. The average molecular weight is 402 g/mol. The predicted molar refractivity (Wildman–Crippen MR) is 105 cm³/mol. The van der Waals surface area contributed by atoms with E-state index in [0.717, 1.165) is 25.9 Å².